The van der Waals surface area contributed by atoms with Gasteiger partial charge in [0.05, 0.1) is 36.4 Å². The minimum atomic E-state index is -0.355. The number of ether oxygens (including phenoxy) is 2. The summed E-state index contributed by atoms with van der Waals surface area (Å²) in [6.45, 7) is 6.35. The van der Waals surface area contributed by atoms with Crippen molar-refractivity contribution in [3.8, 4) is 0 Å². The van der Waals surface area contributed by atoms with Crippen LogP contribution in [0.2, 0.25) is 0 Å². The summed E-state index contributed by atoms with van der Waals surface area (Å²) in [6.07, 6.45) is 1.08. The van der Waals surface area contributed by atoms with Gasteiger partial charge in [0, 0.05) is 44.6 Å². The van der Waals surface area contributed by atoms with Gasteiger partial charge in [-0.1, -0.05) is 6.92 Å². The highest BCUT2D eigenvalue weighted by molar-refractivity contribution is 5.94. The molecule has 0 unspecified atom stereocenters. The number of nitrogens with zero attached hydrogens (tertiary/aromatic N) is 3. The molecule has 4 atom stereocenters. The summed E-state index contributed by atoms with van der Waals surface area (Å²) in [6, 6.07) is 5.55. The lowest BCUT2D eigenvalue weighted by molar-refractivity contribution is -0.0654. The summed E-state index contributed by atoms with van der Waals surface area (Å²) >= 11 is 0. The van der Waals surface area contributed by atoms with E-state index in [1.807, 2.05) is 6.07 Å². The molecule has 3 aliphatic rings. The van der Waals surface area contributed by atoms with Crippen LogP contribution < -0.4 is 10.2 Å². The van der Waals surface area contributed by atoms with E-state index in [1.54, 1.807) is 12.1 Å². The number of rotatable bonds is 5. The zero-order chi connectivity index (χ0) is 20.2. The van der Waals surface area contributed by atoms with Crippen molar-refractivity contribution in [3.05, 3.63) is 23.8 Å². The van der Waals surface area contributed by atoms with E-state index in [4.69, 9.17) is 14.5 Å². The molecule has 0 saturated carbocycles. The zero-order valence-corrected chi connectivity index (χ0v) is 16.9. The van der Waals surface area contributed by atoms with E-state index >= 15 is 0 Å². The highest BCUT2D eigenvalue weighted by atomic mass is 16.5. The number of aliphatic hydroxyl groups excluding tert-OH is 1. The number of methoxy groups -OCH3 is 1. The van der Waals surface area contributed by atoms with Crippen LogP contribution in [0.25, 0.3) is 11.0 Å². The summed E-state index contributed by atoms with van der Waals surface area (Å²) in [4.78, 5) is 19.1. The van der Waals surface area contributed by atoms with Crippen LogP contribution in [0.4, 0.5) is 5.95 Å². The Bertz CT molecular complexity index is 944. The van der Waals surface area contributed by atoms with Crippen LogP contribution in [0, 0.1) is 11.8 Å². The fourth-order valence-corrected chi connectivity index (χ4v) is 5.50. The van der Waals surface area contributed by atoms with E-state index in [-0.39, 0.29) is 36.1 Å². The molecule has 29 heavy (non-hydrogen) atoms. The van der Waals surface area contributed by atoms with Gasteiger partial charge in [0.2, 0.25) is 5.95 Å². The molecular weight excluding hydrogens is 372 g/mol. The number of hydrogen-bond acceptors (Lipinski definition) is 7. The molecule has 2 N–H and O–H groups in total. The van der Waals surface area contributed by atoms with Gasteiger partial charge in [-0.05, 0) is 24.6 Å². The Hall–Kier alpha value is -2.16. The highest BCUT2D eigenvalue weighted by Gasteiger charge is 2.61. The van der Waals surface area contributed by atoms with Gasteiger partial charge in [0.1, 0.15) is 5.60 Å². The highest BCUT2D eigenvalue weighted by Crippen LogP contribution is 2.48. The number of hydrogen-bond donors (Lipinski definition) is 2. The third kappa shape index (κ3) is 2.77. The van der Waals surface area contributed by atoms with Crippen LogP contribution in [0.5, 0.6) is 0 Å². The number of carbonyl (C=O) groups excluding carboxylic acids is 1. The second-order valence-corrected chi connectivity index (χ2v) is 8.44. The zero-order valence-electron chi connectivity index (χ0n) is 16.9. The first-order chi connectivity index (χ1) is 14.1. The number of esters is 1. The van der Waals surface area contributed by atoms with Gasteiger partial charge in [0.15, 0.2) is 0 Å². The summed E-state index contributed by atoms with van der Waals surface area (Å²) in [5.41, 5.74) is 2.06. The second kappa shape index (κ2) is 6.97. The Morgan fingerprint density at radius 3 is 3.10 bits per heavy atom. The number of aromatic nitrogens is 2. The average molecular weight is 400 g/mol. The lowest BCUT2D eigenvalue weighted by Crippen LogP contribution is -2.52. The Balaban J connectivity index is 1.53. The molecule has 3 fully saturated rings. The van der Waals surface area contributed by atoms with Gasteiger partial charge in [-0.15, -0.1) is 0 Å². The second-order valence-electron chi connectivity index (χ2n) is 8.44. The lowest BCUT2D eigenvalue weighted by atomic mass is 9.83. The molecule has 3 aliphatic heterocycles. The number of benzene rings is 1. The molecule has 156 valence electrons. The van der Waals surface area contributed by atoms with Crippen LogP contribution in [0.15, 0.2) is 18.2 Å². The van der Waals surface area contributed by atoms with Crippen molar-refractivity contribution in [2.45, 2.75) is 31.6 Å². The molecule has 0 radical (unpaired) electrons. The lowest BCUT2D eigenvalue weighted by Gasteiger charge is -2.34. The summed E-state index contributed by atoms with van der Waals surface area (Å²) in [5, 5.41) is 13.5. The Morgan fingerprint density at radius 2 is 2.34 bits per heavy atom. The van der Waals surface area contributed by atoms with E-state index in [1.165, 1.54) is 7.11 Å². The number of fused-ring (bicyclic) bond motifs is 2. The van der Waals surface area contributed by atoms with Gasteiger partial charge < -0.3 is 29.4 Å². The van der Waals surface area contributed by atoms with Gasteiger partial charge >= 0.3 is 5.97 Å². The van der Waals surface area contributed by atoms with E-state index in [0.717, 1.165) is 56.1 Å². The SMILES string of the molecule is CCCn1c(N2C[C@@H]3[C@H](CO)[C@H]4CNC[C@]3(C2)O4)nc2cc(C(=O)OC)ccc21. The average Bonchev–Trinajstić information content (AvgIpc) is 3.32. The fraction of sp³-hybridized carbons (Fsp3) is 0.619. The number of nitrogens with one attached hydrogen (secondary N) is 1. The van der Waals surface area contributed by atoms with Gasteiger partial charge in [-0.2, -0.15) is 0 Å². The van der Waals surface area contributed by atoms with Crippen LogP contribution in [-0.2, 0) is 16.0 Å². The maximum absolute atomic E-state index is 11.9. The van der Waals surface area contributed by atoms with Gasteiger partial charge in [-0.3, -0.25) is 0 Å². The molecule has 8 nitrogen and oxygen atoms in total. The van der Waals surface area contributed by atoms with E-state index in [2.05, 4.69) is 21.7 Å². The molecule has 0 aliphatic carbocycles. The third-order valence-corrected chi connectivity index (χ3v) is 6.79. The molecule has 1 spiro atoms. The number of aryl methyl sites for hydroxylation is 1. The van der Waals surface area contributed by atoms with Crippen LogP contribution >= 0.6 is 0 Å². The number of aliphatic hydroxyl groups is 1. The smallest absolute Gasteiger partial charge is 0.337 e. The number of morpholine rings is 1. The van der Waals surface area contributed by atoms with E-state index in [9.17, 15) is 9.90 Å². The van der Waals surface area contributed by atoms with Crippen LogP contribution in [0.3, 0.4) is 0 Å². The monoisotopic (exact) mass is 400 g/mol. The number of carbonyl (C=O) groups is 1. The molecule has 2 bridgehead atoms. The summed E-state index contributed by atoms with van der Waals surface area (Å²) in [7, 11) is 1.39. The minimum Gasteiger partial charge on any atom is -0.465 e. The maximum atomic E-state index is 11.9. The first-order valence-corrected chi connectivity index (χ1v) is 10.4. The predicted octanol–water partition coefficient (Wildman–Crippen LogP) is 1.02. The quantitative estimate of drug-likeness (QED) is 0.725. The Kier molecular flexibility index (Phi) is 4.53. The van der Waals surface area contributed by atoms with Crippen molar-refractivity contribution in [1.82, 2.24) is 14.9 Å². The molecule has 1 aromatic carbocycles. The molecule has 3 saturated heterocycles. The topological polar surface area (TPSA) is 88.9 Å². The third-order valence-electron chi connectivity index (χ3n) is 6.79. The number of anilines is 1. The van der Waals surface area contributed by atoms with Crippen molar-refractivity contribution < 1.29 is 19.4 Å². The fourth-order valence-electron chi connectivity index (χ4n) is 5.50. The van der Waals surface area contributed by atoms with Crippen LogP contribution in [-0.4, -0.2) is 72.2 Å². The number of imidazole rings is 1. The predicted molar refractivity (Wildman–Crippen MR) is 108 cm³/mol. The first-order valence-electron chi connectivity index (χ1n) is 10.4. The molecule has 0 amide bonds. The van der Waals surface area contributed by atoms with Crippen molar-refractivity contribution >= 4 is 23.0 Å². The van der Waals surface area contributed by atoms with E-state index in [0.29, 0.717) is 5.56 Å². The molecule has 4 heterocycles. The standard InChI is InChI=1S/C21H28N4O4/c1-3-6-25-17-5-4-13(19(27)28-2)7-16(17)23-20(25)24-9-15-14(10-26)18-8-22-11-21(15,12-24)29-18/h4-5,7,14-15,18,22,26H,3,6,8-12H2,1-2H3/t14-,15+,18+,21+/m0/s1. The minimum absolute atomic E-state index is 0.0953. The summed E-state index contributed by atoms with van der Waals surface area (Å²) in [5.74, 6) is 1.000. The van der Waals surface area contributed by atoms with Crippen LogP contribution in [0.1, 0.15) is 23.7 Å². The Labute approximate surface area is 169 Å². The normalized spacial score (nSPS) is 30.7. The van der Waals surface area contributed by atoms with Crippen molar-refractivity contribution in [2.24, 2.45) is 11.8 Å². The molecule has 8 heteroatoms. The van der Waals surface area contributed by atoms with Gasteiger partial charge in [0.25, 0.3) is 0 Å². The molecule has 2 aromatic rings. The van der Waals surface area contributed by atoms with E-state index < -0.39 is 0 Å². The summed E-state index contributed by atoms with van der Waals surface area (Å²) < 4.78 is 13.5. The maximum Gasteiger partial charge on any atom is 0.337 e. The van der Waals surface area contributed by atoms with Crippen molar-refractivity contribution in [1.29, 1.82) is 0 Å². The molecule has 5 rings (SSSR count). The first kappa shape index (κ1) is 18.8. The largest absolute Gasteiger partial charge is 0.465 e. The van der Waals surface area contributed by atoms with Crippen molar-refractivity contribution in [2.75, 3.05) is 44.8 Å². The Morgan fingerprint density at radius 1 is 1.48 bits per heavy atom. The van der Waals surface area contributed by atoms with Crippen molar-refractivity contribution in [3.63, 3.8) is 0 Å². The molecular formula is C21H28N4O4. The van der Waals surface area contributed by atoms with Gasteiger partial charge in [-0.25, -0.2) is 9.78 Å². The molecule has 1 aromatic heterocycles.